The lowest BCUT2D eigenvalue weighted by Gasteiger charge is -2.26. The average molecular weight is 375 g/mol. The Morgan fingerprint density at radius 1 is 1.00 bits per heavy atom. The second-order valence-electron chi connectivity index (χ2n) is 6.70. The van der Waals surface area contributed by atoms with Crippen molar-refractivity contribution in [2.75, 3.05) is 12.3 Å². The molecule has 0 fully saturated rings. The van der Waals surface area contributed by atoms with Gasteiger partial charge in [0.15, 0.2) is 0 Å². The van der Waals surface area contributed by atoms with Gasteiger partial charge >= 0.3 is 6.09 Å². The number of carbonyl (C=O) groups excluding carboxylic acids is 1. The Bertz CT molecular complexity index is 714. The van der Waals surface area contributed by atoms with Crippen molar-refractivity contribution in [3.8, 4) is 0 Å². The zero-order chi connectivity index (χ0) is 19.0. The molecule has 0 spiro atoms. The van der Waals surface area contributed by atoms with Gasteiger partial charge in [0.1, 0.15) is 12.2 Å². The quantitative estimate of drug-likeness (QED) is 0.682. The number of carbonyl (C=O) groups is 1. The minimum Gasteiger partial charge on any atom is -0.442 e. The van der Waals surface area contributed by atoms with E-state index in [1.807, 2.05) is 48.5 Å². The van der Waals surface area contributed by atoms with Crippen LogP contribution in [0, 0.1) is 0 Å². The molecule has 0 saturated carbocycles. The van der Waals surface area contributed by atoms with Crippen molar-refractivity contribution in [3.05, 3.63) is 66.2 Å². The van der Waals surface area contributed by atoms with Gasteiger partial charge in [0.2, 0.25) is 0 Å². The summed E-state index contributed by atoms with van der Waals surface area (Å²) < 4.78 is 17.8. The summed E-state index contributed by atoms with van der Waals surface area (Å²) in [6, 6.07) is 18.7. The van der Waals surface area contributed by atoms with Gasteiger partial charge in [0.05, 0.1) is 17.3 Å². The maximum atomic E-state index is 12.4. The van der Waals surface area contributed by atoms with Crippen LogP contribution in [0.3, 0.4) is 0 Å². The van der Waals surface area contributed by atoms with Crippen molar-refractivity contribution in [1.82, 2.24) is 5.06 Å². The number of hydrogen-bond acceptors (Lipinski definition) is 4. The van der Waals surface area contributed by atoms with Gasteiger partial charge in [-0.2, -0.15) is 5.06 Å². The van der Waals surface area contributed by atoms with Gasteiger partial charge in [0, 0.05) is 10.6 Å². The number of benzene rings is 2. The maximum Gasteiger partial charge on any atom is 0.434 e. The van der Waals surface area contributed by atoms with Crippen LogP contribution in [0.1, 0.15) is 26.3 Å². The normalized spacial score (nSPS) is 12.4. The molecular formula is C20H25NO4S. The molecule has 0 bridgehead atoms. The molecule has 0 aromatic heterocycles. The molecule has 2 rings (SSSR count). The lowest BCUT2D eigenvalue weighted by Crippen LogP contribution is -2.38. The van der Waals surface area contributed by atoms with E-state index in [2.05, 4.69) is 0 Å². The first-order valence-electron chi connectivity index (χ1n) is 8.46. The Morgan fingerprint density at radius 3 is 2.15 bits per heavy atom. The largest absolute Gasteiger partial charge is 0.442 e. The first-order valence-corrected chi connectivity index (χ1v) is 9.78. The number of hydrogen-bond donors (Lipinski definition) is 0. The van der Waals surface area contributed by atoms with Crippen LogP contribution in [-0.4, -0.2) is 33.3 Å². The van der Waals surface area contributed by atoms with E-state index in [0.717, 1.165) is 15.5 Å². The minimum absolute atomic E-state index is 0.170. The molecule has 0 aliphatic carbocycles. The van der Waals surface area contributed by atoms with Gasteiger partial charge in [-0.3, -0.25) is 9.05 Å². The average Bonchev–Trinajstić information content (AvgIpc) is 2.61. The molecule has 1 unspecified atom stereocenters. The van der Waals surface area contributed by atoms with Crippen molar-refractivity contribution in [3.63, 3.8) is 0 Å². The fourth-order valence-corrected chi connectivity index (χ4v) is 3.13. The third-order valence-electron chi connectivity index (χ3n) is 3.31. The van der Waals surface area contributed by atoms with E-state index in [4.69, 9.17) is 9.57 Å². The molecule has 5 nitrogen and oxygen atoms in total. The zero-order valence-electron chi connectivity index (χ0n) is 15.4. The van der Waals surface area contributed by atoms with E-state index in [1.165, 1.54) is 0 Å². The Hall–Kier alpha value is -2.18. The van der Waals surface area contributed by atoms with E-state index < -0.39 is 22.5 Å². The van der Waals surface area contributed by atoms with Crippen molar-refractivity contribution in [1.29, 1.82) is 0 Å². The molecule has 0 N–H and O–H groups in total. The lowest BCUT2D eigenvalue weighted by atomic mass is 10.2. The number of amides is 1. The molecule has 2 aromatic carbocycles. The Balaban J connectivity index is 1.99. The fraction of sp³-hybridized carbons (Fsp3) is 0.350. The third-order valence-corrected chi connectivity index (χ3v) is 4.66. The highest BCUT2D eigenvalue weighted by Crippen LogP contribution is 2.13. The molecule has 140 valence electrons. The van der Waals surface area contributed by atoms with Crippen LogP contribution < -0.4 is 0 Å². The molecule has 0 aliphatic rings. The van der Waals surface area contributed by atoms with Crippen LogP contribution in [0.5, 0.6) is 0 Å². The summed E-state index contributed by atoms with van der Waals surface area (Å²) in [7, 11) is -1.22. The van der Waals surface area contributed by atoms with Crippen molar-refractivity contribution < 1.29 is 18.6 Å². The van der Waals surface area contributed by atoms with Crippen molar-refractivity contribution in [2.45, 2.75) is 37.9 Å². The molecule has 1 atom stereocenters. The molecule has 6 heteroatoms. The van der Waals surface area contributed by atoms with Crippen LogP contribution in [-0.2, 0) is 27.0 Å². The summed E-state index contributed by atoms with van der Waals surface area (Å²) in [5.74, 6) is 0.262. The second kappa shape index (κ2) is 9.50. The molecular weight excluding hydrogens is 350 g/mol. The monoisotopic (exact) mass is 375 g/mol. The summed E-state index contributed by atoms with van der Waals surface area (Å²) in [5.41, 5.74) is 0.301. The summed E-state index contributed by atoms with van der Waals surface area (Å²) in [5, 5.41) is 1.15. The second-order valence-corrected chi connectivity index (χ2v) is 8.27. The standard InChI is InChI=1S/C20H25NO4S/c1-20(2,3)25-19(22)21(24-16-17-10-6-4-7-11-17)14-15-26(23)18-12-8-5-9-13-18/h4-13H,14-16H2,1-3H3. The molecule has 2 aromatic rings. The Kier molecular flexibility index (Phi) is 7.36. The van der Waals surface area contributed by atoms with E-state index in [1.54, 1.807) is 32.9 Å². The summed E-state index contributed by atoms with van der Waals surface area (Å²) in [6.45, 7) is 5.79. The summed E-state index contributed by atoms with van der Waals surface area (Å²) in [6.07, 6.45) is -0.585. The van der Waals surface area contributed by atoms with Gasteiger partial charge < -0.3 is 4.74 Å². The Morgan fingerprint density at radius 2 is 1.58 bits per heavy atom. The number of rotatable bonds is 7. The predicted octanol–water partition coefficient (Wildman–Crippen LogP) is 4.16. The topological polar surface area (TPSA) is 55.8 Å². The number of ether oxygens (including phenoxy) is 1. The molecule has 0 heterocycles. The zero-order valence-corrected chi connectivity index (χ0v) is 16.2. The highest BCUT2D eigenvalue weighted by atomic mass is 32.2. The number of hydroxylamine groups is 2. The smallest absolute Gasteiger partial charge is 0.434 e. The fourth-order valence-electron chi connectivity index (χ4n) is 2.10. The third kappa shape index (κ3) is 6.98. The molecule has 0 saturated heterocycles. The van der Waals surface area contributed by atoms with Gasteiger partial charge in [-0.1, -0.05) is 48.5 Å². The van der Waals surface area contributed by atoms with E-state index >= 15 is 0 Å². The number of nitrogens with zero attached hydrogens (tertiary/aromatic N) is 1. The lowest BCUT2D eigenvalue weighted by molar-refractivity contribution is -0.152. The van der Waals surface area contributed by atoms with Crippen molar-refractivity contribution >= 4 is 16.9 Å². The maximum absolute atomic E-state index is 12.4. The Labute approximate surface area is 157 Å². The molecule has 0 radical (unpaired) electrons. The van der Waals surface area contributed by atoms with Crippen LogP contribution in [0.15, 0.2) is 65.6 Å². The summed E-state index contributed by atoms with van der Waals surface area (Å²) in [4.78, 5) is 18.8. The van der Waals surface area contributed by atoms with Crippen LogP contribution in [0.25, 0.3) is 0 Å². The van der Waals surface area contributed by atoms with Gasteiger partial charge in [-0.05, 0) is 38.5 Å². The van der Waals surface area contributed by atoms with Crippen LogP contribution >= 0.6 is 0 Å². The van der Waals surface area contributed by atoms with Gasteiger partial charge in [0.25, 0.3) is 0 Å². The van der Waals surface area contributed by atoms with E-state index in [9.17, 15) is 9.00 Å². The first-order chi connectivity index (χ1) is 12.3. The van der Waals surface area contributed by atoms with Gasteiger partial charge in [-0.25, -0.2) is 4.79 Å². The first kappa shape index (κ1) is 20.1. The van der Waals surface area contributed by atoms with Crippen LogP contribution in [0.4, 0.5) is 4.79 Å². The van der Waals surface area contributed by atoms with Gasteiger partial charge in [-0.15, -0.1) is 0 Å². The highest BCUT2D eigenvalue weighted by molar-refractivity contribution is 7.85. The minimum atomic E-state index is -1.22. The summed E-state index contributed by atoms with van der Waals surface area (Å²) >= 11 is 0. The van der Waals surface area contributed by atoms with Crippen molar-refractivity contribution in [2.24, 2.45) is 0 Å². The predicted molar refractivity (Wildman–Crippen MR) is 102 cm³/mol. The molecule has 1 amide bonds. The SMILES string of the molecule is CC(C)(C)OC(=O)N(CCS(=O)c1ccccc1)OCc1ccccc1. The highest BCUT2D eigenvalue weighted by Gasteiger charge is 2.23. The molecule has 0 aliphatic heterocycles. The van der Waals surface area contributed by atoms with E-state index in [-0.39, 0.29) is 18.9 Å². The molecule has 26 heavy (non-hydrogen) atoms. The van der Waals surface area contributed by atoms with Crippen LogP contribution in [0.2, 0.25) is 0 Å². The van der Waals surface area contributed by atoms with E-state index in [0.29, 0.717) is 0 Å².